The van der Waals surface area contributed by atoms with Crippen LogP contribution in [0.4, 0.5) is 0 Å². The summed E-state index contributed by atoms with van der Waals surface area (Å²) in [6.07, 6.45) is 2.10. The van der Waals surface area contributed by atoms with Crippen molar-refractivity contribution < 1.29 is 9.90 Å². The SMILES string of the molecule is C/C=C\C(=O)C(C)O. The van der Waals surface area contributed by atoms with Crippen molar-refractivity contribution in [3.63, 3.8) is 0 Å². The highest BCUT2D eigenvalue weighted by Gasteiger charge is 2.01. The second-order valence-electron chi connectivity index (χ2n) is 1.58. The lowest BCUT2D eigenvalue weighted by atomic mass is 10.2. The first-order valence-electron chi connectivity index (χ1n) is 2.53. The lowest BCUT2D eigenvalue weighted by molar-refractivity contribution is -0.121. The van der Waals surface area contributed by atoms with Gasteiger partial charge in [0.25, 0.3) is 0 Å². The van der Waals surface area contributed by atoms with Gasteiger partial charge in [0.15, 0.2) is 5.78 Å². The largest absolute Gasteiger partial charge is 0.385 e. The van der Waals surface area contributed by atoms with Gasteiger partial charge in [-0.15, -0.1) is 0 Å². The second kappa shape index (κ2) is 3.38. The van der Waals surface area contributed by atoms with Gasteiger partial charge in [0.2, 0.25) is 0 Å². The van der Waals surface area contributed by atoms with Gasteiger partial charge >= 0.3 is 0 Å². The molecular weight excluding hydrogens is 104 g/mol. The molecule has 0 aliphatic carbocycles. The van der Waals surface area contributed by atoms with E-state index in [4.69, 9.17) is 5.11 Å². The molecule has 0 aromatic rings. The minimum absolute atomic E-state index is 0.243. The molecular formula is C6H10O2. The van der Waals surface area contributed by atoms with Gasteiger partial charge in [-0.3, -0.25) is 4.79 Å². The molecule has 0 saturated carbocycles. The minimum atomic E-state index is -0.855. The van der Waals surface area contributed by atoms with E-state index in [1.165, 1.54) is 13.0 Å². The topological polar surface area (TPSA) is 37.3 Å². The summed E-state index contributed by atoms with van der Waals surface area (Å²) < 4.78 is 0. The summed E-state index contributed by atoms with van der Waals surface area (Å²) in [5.74, 6) is -0.243. The molecule has 2 heteroatoms. The summed E-state index contributed by atoms with van der Waals surface area (Å²) in [7, 11) is 0. The van der Waals surface area contributed by atoms with Crippen LogP contribution >= 0.6 is 0 Å². The standard InChI is InChI=1S/C6H10O2/c1-3-4-6(8)5(2)7/h3-5,7H,1-2H3/b4-3-. The molecule has 8 heavy (non-hydrogen) atoms. The molecule has 1 unspecified atom stereocenters. The Morgan fingerprint density at radius 2 is 2.25 bits per heavy atom. The zero-order chi connectivity index (χ0) is 6.57. The smallest absolute Gasteiger partial charge is 0.183 e. The third-order valence-corrected chi connectivity index (χ3v) is 0.743. The van der Waals surface area contributed by atoms with Gasteiger partial charge < -0.3 is 5.11 Å². The third-order valence-electron chi connectivity index (χ3n) is 0.743. The van der Waals surface area contributed by atoms with E-state index in [0.29, 0.717) is 0 Å². The van der Waals surface area contributed by atoms with Gasteiger partial charge in [-0.1, -0.05) is 6.08 Å². The molecule has 0 aliphatic rings. The fourth-order valence-electron chi connectivity index (χ4n) is 0.304. The number of hydrogen-bond donors (Lipinski definition) is 1. The van der Waals surface area contributed by atoms with Gasteiger partial charge in [0.05, 0.1) is 0 Å². The Kier molecular flexibility index (Phi) is 3.12. The normalized spacial score (nSPS) is 14.4. The van der Waals surface area contributed by atoms with Gasteiger partial charge in [-0.2, -0.15) is 0 Å². The molecule has 1 N–H and O–H groups in total. The molecule has 0 spiro atoms. The second-order valence-corrected chi connectivity index (χ2v) is 1.58. The highest BCUT2D eigenvalue weighted by Crippen LogP contribution is 1.83. The number of rotatable bonds is 2. The summed E-state index contributed by atoms with van der Waals surface area (Å²) >= 11 is 0. The van der Waals surface area contributed by atoms with Crippen molar-refractivity contribution in [1.29, 1.82) is 0 Å². The van der Waals surface area contributed by atoms with Crippen molar-refractivity contribution in [2.24, 2.45) is 0 Å². The van der Waals surface area contributed by atoms with Crippen molar-refractivity contribution in [3.8, 4) is 0 Å². The summed E-state index contributed by atoms with van der Waals surface area (Å²) in [6.45, 7) is 3.18. The van der Waals surface area contributed by atoms with Crippen LogP contribution < -0.4 is 0 Å². The summed E-state index contributed by atoms with van der Waals surface area (Å²) in [5, 5.41) is 8.55. The van der Waals surface area contributed by atoms with E-state index in [2.05, 4.69) is 0 Å². The van der Waals surface area contributed by atoms with Crippen molar-refractivity contribution in [1.82, 2.24) is 0 Å². The van der Waals surface area contributed by atoms with Crippen LogP contribution in [-0.2, 0) is 4.79 Å². The Morgan fingerprint density at radius 1 is 1.75 bits per heavy atom. The molecule has 2 nitrogen and oxygen atoms in total. The Hall–Kier alpha value is -0.630. The Balaban J connectivity index is 3.66. The van der Waals surface area contributed by atoms with Crippen LogP contribution in [-0.4, -0.2) is 17.0 Å². The molecule has 0 rings (SSSR count). The predicted molar refractivity (Wildman–Crippen MR) is 31.5 cm³/mol. The fraction of sp³-hybridized carbons (Fsp3) is 0.500. The van der Waals surface area contributed by atoms with E-state index in [-0.39, 0.29) is 5.78 Å². The molecule has 0 aliphatic heterocycles. The highest BCUT2D eigenvalue weighted by atomic mass is 16.3. The molecule has 0 fully saturated rings. The number of hydrogen-bond acceptors (Lipinski definition) is 2. The number of allylic oxidation sites excluding steroid dienone is 1. The van der Waals surface area contributed by atoms with E-state index in [1.807, 2.05) is 0 Å². The molecule has 46 valence electrons. The van der Waals surface area contributed by atoms with Gasteiger partial charge in [0, 0.05) is 0 Å². The van der Waals surface area contributed by atoms with Crippen molar-refractivity contribution in [2.45, 2.75) is 20.0 Å². The Labute approximate surface area is 48.8 Å². The molecule has 0 bridgehead atoms. The van der Waals surface area contributed by atoms with E-state index in [1.54, 1.807) is 13.0 Å². The quantitative estimate of drug-likeness (QED) is 0.531. The van der Waals surface area contributed by atoms with E-state index in [9.17, 15) is 4.79 Å². The molecule has 0 amide bonds. The van der Waals surface area contributed by atoms with Gasteiger partial charge in [-0.25, -0.2) is 0 Å². The Bertz CT molecular complexity index is 103. The highest BCUT2D eigenvalue weighted by molar-refractivity contribution is 5.92. The van der Waals surface area contributed by atoms with Crippen LogP contribution in [0.5, 0.6) is 0 Å². The van der Waals surface area contributed by atoms with Gasteiger partial charge in [0.1, 0.15) is 6.10 Å². The first-order chi connectivity index (χ1) is 3.68. The number of aliphatic hydroxyl groups is 1. The molecule has 0 saturated heterocycles. The predicted octanol–water partition coefficient (Wildman–Crippen LogP) is 0.512. The van der Waals surface area contributed by atoms with Crippen LogP contribution in [0.1, 0.15) is 13.8 Å². The van der Waals surface area contributed by atoms with Crippen molar-refractivity contribution in [3.05, 3.63) is 12.2 Å². The lowest BCUT2D eigenvalue weighted by Crippen LogP contribution is -2.12. The van der Waals surface area contributed by atoms with Crippen LogP contribution in [0, 0.1) is 0 Å². The van der Waals surface area contributed by atoms with E-state index < -0.39 is 6.10 Å². The molecule has 0 heterocycles. The summed E-state index contributed by atoms with van der Waals surface area (Å²) in [4.78, 5) is 10.4. The third kappa shape index (κ3) is 2.53. The fourth-order valence-corrected chi connectivity index (χ4v) is 0.304. The summed E-state index contributed by atoms with van der Waals surface area (Å²) in [6, 6.07) is 0. The number of ketones is 1. The molecule has 0 radical (unpaired) electrons. The van der Waals surface area contributed by atoms with E-state index in [0.717, 1.165) is 0 Å². The first kappa shape index (κ1) is 7.37. The van der Waals surface area contributed by atoms with Crippen molar-refractivity contribution >= 4 is 5.78 Å². The van der Waals surface area contributed by atoms with Crippen LogP contribution in [0.3, 0.4) is 0 Å². The number of aliphatic hydroxyl groups excluding tert-OH is 1. The van der Waals surface area contributed by atoms with Crippen molar-refractivity contribution in [2.75, 3.05) is 0 Å². The maximum Gasteiger partial charge on any atom is 0.183 e. The lowest BCUT2D eigenvalue weighted by Gasteiger charge is -1.93. The van der Waals surface area contributed by atoms with Crippen LogP contribution in [0.2, 0.25) is 0 Å². The van der Waals surface area contributed by atoms with Crippen LogP contribution in [0.25, 0.3) is 0 Å². The molecule has 0 aromatic heterocycles. The molecule has 1 atom stereocenters. The minimum Gasteiger partial charge on any atom is -0.385 e. The summed E-state index contributed by atoms with van der Waals surface area (Å²) in [5.41, 5.74) is 0. The molecule has 0 aromatic carbocycles. The number of carbonyl (C=O) groups is 1. The zero-order valence-corrected chi connectivity index (χ0v) is 5.09. The zero-order valence-electron chi connectivity index (χ0n) is 5.09. The maximum absolute atomic E-state index is 10.4. The average Bonchev–Trinajstić information content (AvgIpc) is 1.67. The van der Waals surface area contributed by atoms with E-state index >= 15 is 0 Å². The average molecular weight is 114 g/mol. The van der Waals surface area contributed by atoms with Gasteiger partial charge in [-0.05, 0) is 19.9 Å². The number of carbonyl (C=O) groups excluding carboxylic acids is 1. The maximum atomic E-state index is 10.4. The first-order valence-corrected chi connectivity index (χ1v) is 2.53. The monoisotopic (exact) mass is 114 g/mol. The van der Waals surface area contributed by atoms with Crippen LogP contribution in [0.15, 0.2) is 12.2 Å². The Morgan fingerprint density at radius 3 is 2.38 bits per heavy atom.